The maximum absolute atomic E-state index is 13.8. The van der Waals surface area contributed by atoms with E-state index in [0.29, 0.717) is 5.69 Å². The monoisotopic (exact) mass is 441 g/mol. The van der Waals surface area contributed by atoms with E-state index in [4.69, 9.17) is 4.84 Å². The highest BCUT2D eigenvalue weighted by Crippen LogP contribution is 2.48. The van der Waals surface area contributed by atoms with E-state index in [1.807, 2.05) is 106 Å². The second-order valence-corrected chi connectivity index (χ2v) is 8.89. The van der Waals surface area contributed by atoms with E-state index in [-0.39, 0.29) is 11.8 Å². The van der Waals surface area contributed by atoms with Gasteiger partial charge in [0.25, 0.3) is 5.91 Å². The van der Waals surface area contributed by atoms with Crippen LogP contribution in [0.3, 0.4) is 0 Å². The quantitative estimate of drug-likeness (QED) is 0.561. The lowest BCUT2D eigenvalue weighted by molar-refractivity contribution is -0.126. The third kappa shape index (κ3) is 3.38. The number of nitrogens with zero attached hydrogens (tertiary/aromatic N) is 3. The van der Waals surface area contributed by atoms with Gasteiger partial charge in [0, 0.05) is 19.8 Å². The Kier molecular flexibility index (Phi) is 5.17. The van der Waals surface area contributed by atoms with Crippen LogP contribution in [0.1, 0.15) is 22.7 Å². The summed E-state index contributed by atoms with van der Waals surface area (Å²) in [6, 6.07) is 23.0. The number of benzene rings is 3. The molecule has 0 spiro atoms. The lowest BCUT2D eigenvalue weighted by atomic mass is 9.90. The van der Waals surface area contributed by atoms with E-state index in [0.717, 1.165) is 28.1 Å². The first-order valence-corrected chi connectivity index (χ1v) is 11.1. The number of rotatable bonds is 4. The van der Waals surface area contributed by atoms with Gasteiger partial charge in [0.05, 0.1) is 17.4 Å². The fraction of sp³-hybridized carbons (Fsp3) is 0.259. The van der Waals surface area contributed by atoms with Crippen molar-refractivity contribution < 1.29 is 14.4 Å². The first kappa shape index (κ1) is 21.2. The fourth-order valence-electron chi connectivity index (χ4n) is 4.79. The number of hydrogen-bond acceptors (Lipinski definition) is 5. The van der Waals surface area contributed by atoms with Gasteiger partial charge in [-0.05, 0) is 54.8 Å². The minimum absolute atomic E-state index is 0.225. The number of aryl methyl sites for hydroxylation is 2. The Morgan fingerprint density at radius 2 is 1.33 bits per heavy atom. The average Bonchev–Trinajstić information content (AvgIpc) is 3.31. The molecule has 2 aliphatic rings. The summed E-state index contributed by atoms with van der Waals surface area (Å²) < 4.78 is 0. The summed E-state index contributed by atoms with van der Waals surface area (Å²) in [4.78, 5) is 36.9. The second-order valence-electron chi connectivity index (χ2n) is 8.89. The summed E-state index contributed by atoms with van der Waals surface area (Å²) in [7, 11) is 3.98. The Hall–Kier alpha value is -3.64. The number of carbonyl (C=O) groups excluding carboxylic acids is 2. The molecule has 0 bridgehead atoms. The number of amides is 2. The Bertz CT molecular complexity index is 1220. The van der Waals surface area contributed by atoms with Crippen molar-refractivity contribution >= 4 is 28.9 Å². The van der Waals surface area contributed by atoms with Crippen molar-refractivity contribution in [1.29, 1.82) is 0 Å². The number of hydroxylamine groups is 1. The van der Waals surface area contributed by atoms with Gasteiger partial charge in [0.15, 0.2) is 6.10 Å². The van der Waals surface area contributed by atoms with E-state index in [1.54, 1.807) is 5.06 Å². The zero-order valence-electron chi connectivity index (χ0n) is 19.2. The summed E-state index contributed by atoms with van der Waals surface area (Å²) in [5, 5.41) is 1.76. The second kappa shape index (κ2) is 8.05. The fourth-order valence-corrected chi connectivity index (χ4v) is 4.79. The Morgan fingerprint density at radius 3 is 1.91 bits per heavy atom. The number of anilines is 3. The van der Waals surface area contributed by atoms with Crippen LogP contribution in [0.15, 0.2) is 72.8 Å². The lowest BCUT2D eigenvalue weighted by Gasteiger charge is -2.30. The number of imide groups is 1. The van der Waals surface area contributed by atoms with E-state index in [2.05, 4.69) is 0 Å². The van der Waals surface area contributed by atoms with Crippen LogP contribution in [0.4, 0.5) is 17.1 Å². The molecular formula is C27H27N3O3. The first-order valence-electron chi connectivity index (χ1n) is 11.1. The molecule has 2 saturated heterocycles. The molecule has 0 radical (unpaired) electrons. The molecule has 3 atom stereocenters. The summed E-state index contributed by atoms with van der Waals surface area (Å²) in [5.74, 6) is -1.18. The van der Waals surface area contributed by atoms with Crippen molar-refractivity contribution in [2.45, 2.75) is 26.0 Å². The van der Waals surface area contributed by atoms with Crippen LogP contribution in [-0.2, 0) is 14.4 Å². The van der Waals surface area contributed by atoms with Crippen molar-refractivity contribution in [2.24, 2.45) is 5.92 Å². The molecule has 3 aromatic carbocycles. The molecule has 6 heteroatoms. The maximum atomic E-state index is 13.8. The highest BCUT2D eigenvalue weighted by atomic mass is 16.7. The van der Waals surface area contributed by atoms with Gasteiger partial charge in [0.2, 0.25) is 5.91 Å². The molecule has 168 valence electrons. The molecule has 0 aliphatic carbocycles. The summed E-state index contributed by atoms with van der Waals surface area (Å²) in [5.41, 5.74) is 5.37. The molecule has 0 unspecified atom stereocenters. The standard InChI is InChI=1S/C27H27N3O3/c1-17-9-5-7-11-21(17)29-26(31)23-24(19-13-15-20(16-14-19)28(3)4)30(33-25(23)27(29)32)22-12-8-6-10-18(22)2/h5-16,23-25H,1-4H3/t23-,24-,25+/m0/s1. The lowest BCUT2D eigenvalue weighted by Crippen LogP contribution is -2.37. The van der Waals surface area contributed by atoms with Crippen LogP contribution in [0, 0.1) is 19.8 Å². The van der Waals surface area contributed by atoms with Gasteiger partial charge in [-0.25, -0.2) is 9.96 Å². The molecule has 33 heavy (non-hydrogen) atoms. The highest BCUT2D eigenvalue weighted by molar-refractivity contribution is 6.24. The molecule has 6 nitrogen and oxygen atoms in total. The molecule has 2 fully saturated rings. The summed E-state index contributed by atoms with van der Waals surface area (Å²) in [6.45, 7) is 3.91. The van der Waals surface area contributed by atoms with Gasteiger partial charge >= 0.3 is 0 Å². The van der Waals surface area contributed by atoms with E-state index in [1.165, 1.54) is 4.90 Å². The van der Waals surface area contributed by atoms with Crippen molar-refractivity contribution in [3.05, 3.63) is 89.5 Å². The minimum atomic E-state index is -0.866. The van der Waals surface area contributed by atoms with E-state index in [9.17, 15) is 9.59 Å². The molecule has 0 N–H and O–H groups in total. The zero-order valence-corrected chi connectivity index (χ0v) is 19.2. The smallest absolute Gasteiger partial charge is 0.266 e. The first-order chi connectivity index (χ1) is 15.9. The van der Waals surface area contributed by atoms with Crippen LogP contribution in [0.25, 0.3) is 0 Å². The van der Waals surface area contributed by atoms with Gasteiger partial charge < -0.3 is 4.90 Å². The van der Waals surface area contributed by atoms with Crippen molar-refractivity contribution in [3.8, 4) is 0 Å². The van der Waals surface area contributed by atoms with Crippen LogP contribution < -0.4 is 14.9 Å². The molecule has 0 saturated carbocycles. The molecular weight excluding hydrogens is 414 g/mol. The van der Waals surface area contributed by atoms with Crippen molar-refractivity contribution in [3.63, 3.8) is 0 Å². The predicted octanol–water partition coefficient (Wildman–Crippen LogP) is 4.42. The largest absolute Gasteiger partial charge is 0.378 e. The van der Waals surface area contributed by atoms with Crippen molar-refractivity contribution in [2.75, 3.05) is 29.0 Å². The third-order valence-electron chi connectivity index (χ3n) is 6.58. The summed E-state index contributed by atoms with van der Waals surface area (Å²) >= 11 is 0. The van der Waals surface area contributed by atoms with Gasteiger partial charge in [-0.2, -0.15) is 0 Å². The van der Waals surface area contributed by atoms with Gasteiger partial charge in [0.1, 0.15) is 5.92 Å². The maximum Gasteiger partial charge on any atom is 0.266 e. The van der Waals surface area contributed by atoms with Crippen LogP contribution in [-0.4, -0.2) is 32.0 Å². The van der Waals surface area contributed by atoms with Crippen LogP contribution in [0.5, 0.6) is 0 Å². The van der Waals surface area contributed by atoms with Crippen molar-refractivity contribution in [1.82, 2.24) is 0 Å². The third-order valence-corrected chi connectivity index (χ3v) is 6.58. The topological polar surface area (TPSA) is 53.1 Å². The normalized spacial score (nSPS) is 22.1. The molecule has 2 amide bonds. The minimum Gasteiger partial charge on any atom is -0.378 e. The van der Waals surface area contributed by atoms with E-state index < -0.39 is 18.1 Å². The predicted molar refractivity (Wildman–Crippen MR) is 129 cm³/mol. The Morgan fingerprint density at radius 1 is 0.758 bits per heavy atom. The molecule has 3 aromatic rings. The highest BCUT2D eigenvalue weighted by Gasteiger charge is 2.60. The zero-order chi connectivity index (χ0) is 23.3. The van der Waals surface area contributed by atoms with Crippen LogP contribution >= 0.6 is 0 Å². The molecule has 2 aliphatic heterocycles. The average molecular weight is 442 g/mol. The number of para-hydroxylation sites is 2. The Labute approximate surface area is 193 Å². The number of hydrogen-bond donors (Lipinski definition) is 0. The summed E-state index contributed by atoms with van der Waals surface area (Å²) in [6.07, 6.45) is -0.866. The van der Waals surface area contributed by atoms with Gasteiger partial charge in [-0.15, -0.1) is 0 Å². The molecule has 0 aromatic heterocycles. The van der Waals surface area contributed by atoms with Crippen LogP contribution in [0.2, 0.25) is 0 Å². The SMILES string of the molecule is Cc1ccccc1N1C(=O)[C@@H]2[C@@H](ON(c3ccccc3C)[C@H]2c2ccc(N(C)C)cc2)C1=O. The van der Waals surface area contributed by atoms with Gasteiger partial charge in [-0.1, -0.05) is 48.5 Å². The molecule has 5 rings (SSSR count). The number of carbonyl (C=O) groups is 2. The molecule has 2 heterocycles. The van der Waals surface area contributed by atoms with E-state index >= 15 is 0 Å². The Balaban J connectivity index is 1.60. The number of fused-ring (bicyclic) bond motifs is 1. The van der Waals surface area contributed by atoms with Gasteiger partial charge in [-0.3, -0.25) is 14.4 Å².